The maximum absolute atomic E-state index is 12.6. The summed E-state index contributed by atoms with van der Waals surface area (Å²) in [6.07, 6.45) is 1.63. The molecule has 0 aliphatic carbocycles. The van der Waals surface area contributed by atoms with Crippen molar-refractivity contribution in [2.24, 2.45) is 0 Å². The molecule has 140 valence electrons. The van der Waals surface area contributed by atoms with E-state index in [0.717, 1.165) is 28.3 Å². The summed E-state index contributed by atoms with van der Waals surface area (Å²) in [5, 5.41) is 0. The number of furan rings is 1. The van der Waals surface area contributed by atoms with Crippen molar-refractivity contribution >= 4 is 11.8 Å². The summed E-state index contributed by atoms with van der Waals surface area (Å²) in [5.41, 5.74) is 4.77. The monoisotopic (exact) mass is 365 g/mol. The summed E-state index contributed by atoms with van der Waals surface area (Å²) in [4.78, 5) is 24.9. The van der Waals surface area contributed by atoms with Gasteiger partial charge in [0.1, 0.15) is 5.76 Å². The van der Waals surface area contributed by atoms with Crippen molar-refractivity contribution in [2.45, 2.75) is 34.2 Å². The number of esters is 1. The number of hydrogen-bond acceptors (Lipinski definition) is 4. The molecule has 0 radical (unpaired) electrons. The molecule has 2 aromatic heterocycles. The van der Waals surface area contributed by atoms with Crippen LogP contribution in [0.5, 0.6) is 0 Å². The van der Waals surface area contributed by atoms with Crippen LogP contribution in [-0.2, 0) is 11.3 Å². The topological polar surface area (TPSA) is 61.4 Å². The van der Waals surface area contributed by atoms with Crippen LogP contribution in [0.3, 0.4) is 0 Å². The van der Waals surface area contributed by atoms with Crippen LogP contribution in [0.25, 0.3) is 0 Å². The minimum Gasteiger partial charge on any atom is -0.467 e. The zero-order chi connectivity index (χ0) is 19.6. The van der Waals surface area contributed by atoms with Gasteiger partial charge in [-0.25, -0.2) is 4.79 Å². The van der Waals surface area contributed by atoms with Crippen molar-refractivity contribution in [3.8, 4) is 0 Å². The van der Waals surface area contributed by atoms with Crippen LogP contribution in [0.2, 0.25) is 0 Å². The van der Waals surface area contributed by atoms with Crippen LogP contribution in [0.4, 0.5) is 0 Å². The van der Waals surface area contributed by atoms with Gasteiger partial charge in [-0.2, -0.15) is 0 Å². The van der Waals surface area contributed by atoms with Crippen LogP contribution in [0.15, 0.2) is 47.1 Å². The van der Waals surface area contributed by atoms with Crippen molar-refractivity contribution in [1.29, 1.82) is 0 Å². The van der Waals surface area contributed by atoms with Gasteiger partial charge in [-0.15, -0.1) is 0 Å². The van der Waals surface area contributed by atoms with E-state index in [2.05, 4.69) is 0 Å². The summed E-state index contributed by atoms with van der Waals surface area (Å²) < 4.78 is 12.6. The van der Waals surface area contributed by atoms with E-state index in [1.807, 2.05) is 56.5 Å². The van der Waals surface area contributed by atoms with E-state index in [9.17, 15) is 9.59 Å². The normalized spacial score (nSPS) is 10.8. The number of benzene rings is 1. The molecule has 5 heteroatoms. The first-order valence-corrected chi connectivity index (χ1v) is 8.83. The van der Waals surface area contributed by atoms with Gasteiger partial charge in [0.25, 0.3) is 0 Å². The summed E-state index contributed by atoms with van der Waals surface area (Å²) in [5.74, 6) is 0.114. The Labute approximate surface area is 158 Å². The molecule has 3 rings (SSSR count). The highest BCUT2D eigenvalue weighted by atomic mass is 16.5. The average Bonchev–Trinajstić information content (AvgIpc) is 3.22. The van der Waals surface area contributed by atoms with Crippen LogP contribution in [-0.4, -0.2) is 22.9 Å². The van der Waals surface area contributed by atoms with Gasteiger partial charge in [0, 0.05) is 17.0 Å². The van der Waals surface area contributed by atoms with Crippen molar-refractivity contribution in [1.82, 2.24) is 4.57 Å². The zero-order valence-electron chi connectivity index (χ0n) is 16.0. The van der Waals surface area contributed by atoms with E-state index in [4.69, 9.17) is 9.15 Å². The lowest BCUT2D eigenvalue weighted by molar-refractivity contribution is 0.0474. The van der Waals surface area contributed by atoms with Crippen LogP contribution in [0, 0.1) is 27.7 Å². The third-order valence-corrected chi connectivity index (χ3v) is 4.56. The number of aryl methyl sites for hydroxylation is 3. The Bertz CT molecular complexity index is 960. The average molecular weight is 365 g/mol. The predicted octanol–water partition coefficient (Wildman–Crippen LogP) is 4.40. The van der Waals surface area contributed by atoms with E-state index in [1.54, 1.807) is 18.4 Å². The molecular formula is C22H23NO4. The Kier molecular flexibility index (Phi) is 5.31. The van der Waals surface area contributed by atoms with Gasteiger partial charge in [-0.3, -0.25) is 4.79 Å². The summed E-state index contributed by atoms with van der Waals surface area (Å²) in [6, 6.07) is 11.1. The SMILES string of the molecule is Cc1cc(C)cc(C(=O)OCC(=O)c2cc(C)n(Cc3ccco3)c2C)c1. The second-order valence-electron chi connectivity index (χ2n) is 6.83. The van der Waals surface area contributed by atoms with Crippen LogP contribution < -0.4 is 0 Å². The first kappa shape index (κ1) is 18.7. The molecule has 0 aliphatic heterocycles. The zero-order valence-corrected chi connectivity index (χ0v) is 16.0. The lowest BCUT2D eigenvalue weighted by Gasteiger charge is -2.08. The highest BCUT2D eigenvalue weighted by Crippen LogP contribution is 2.18. The summed E-state index contributed by atoms with van der Waals surface area (Å²) >= 11 is 0. The Morgan fingerprint density at radius 3 is 2.37 bits per heavy atom. The van der Waals surface area contributed by atoms with Gasteiger partial charge in [0.15, 0.2) is 6.61 Å². The van der Waals surface area contributed by atoms with Gasteiger partial charge in [-0.1, -0.05) is 17.2 Å². The second kappa shape index (κ2) is 7.66. The fraction of sp³-hybridized carbons (Fsp3) is 0.273. The summed E-state index contributed by atoms with van der Waals surface area (Å²) in [6.45, 7) is 7.94. The van der Waals surface area contributed by atoms with Crippen molar-refractivity contribution in [3.05, 3.63) is 82.1 Å². The number of rotatable bonds is 6. The minimum atomic E-state index is -0.487. The first-order chi connectivity index (χ1) is 12.8. The number of ketones is 1. The molecule has 0 aliphatic rings. The fourth-order valence-electron chi connectivity index (χ4n) is 3.27. The summed E-state index contributed by atoms with van der Waals surface area (Å²) in [7, 11) is 0. The lowest BCUT2D eigenvalue weighted by Crippen LogP contribution is -2.15. The number of carbonyl (C=O) groups excluding carboxylic acids is 2. The minimum absolute atomic E-state index is 0.216. The van der Waals surface area contributed by atoms with Gasteiger partial charge >= 0.3 is 5.97 Å². The molecule has 1 aromatic carbocycles. The van der Waals surface area contributed by atoms with Gasteiger partial charge in [-0.05, 0) is 58.0 Å². The molecule has 3 aromatic rings. The van der Waals surface area contributed by atoms with Gasteiger partial charge < -0.3 is 13.7 Å². The molecule has 0 amide bonds. The van der Waals surface area contributed by atoms with Crippen molar-refractivity contribution in [3.63, 3.8) is 0 Å². The molecule has 0 spiro atoms. The molecule has 0 N–H and O–H groups in total. The Hall–Kier alpha value is -3.08. The Morgan fingerprint density at radius 2 is 1.74 bits per heavy atom. The predicted molar refractivity (Wildman–Crippen MR) is 102 cm³/mol. The largest absolute Gasteiger partial charge is 0.467 e. The maximum atomic E-state index is 12.6. The third kappa shape index (κ3) is 4.19. The number of aromatic nitrogens is 1. The molecule has 2 heterocycles. The smallest absolute Gasteiger partial charge is 0.338 e. The molecule has 0 unspecified atom stereocenters. The standard InChI is InChI=1S/C22H23NO4/c1-14-8-15(2)10-18(9-14)22(25)27-13-21(24)20-11-16(3)23(17(20)4)12-19-6-5-7-26-19/h5-11H,12-13H2,1-4H3. The molecule has 27 heavy (non-hydrogen) atoms. The molecule has 0 saturated heterocycles. The van der Waals surface area contributed by atoms with Crippen molar-refractivity contribution < 1.29 is 18.7 Å². The molecule has 0 fully saturated rings. The number of Topliss-reactive ketones (excluding diaryl/α,β-unsaturated/α-hetero) is 1. The number of ether oxygens (including phenoxy) is 1. The van der Waals surface area contributed by atoms with Crippen LogP contribution >= 0.6 is 0 Å². The first-order valence-electron chi connectivity index (χ1n) is 8.83. The second-order valence-corrected chi connectivity index (χ2v) is 6.83. The molecule has 0 bridgehead atoms. The molecule has 5 nitrogen and oxygen atoms in total. The molecule has 0 atom stereocenters. The number of hydrogen-bond donors (Lipinski definition) is 0. The van der Waals surface area contributed by atoms with Crippen LogP contribution in [0.1, 0.15) is 49.0 Å². The fourth-order valence-corrected chi connectivity index (χ4v) is 3.27. The van der Waals surface area contributed by atoms with E-state index < -0.39 is 5.97 Å². The van der Waals surface area contributed by atoms with Gasteiger partial charge in [0.05, 0.1) is 18.4 Å². The Morgan fingerprint density at radius 1 is 1.04 bits per heavy atom. The molecular weight excluding hydrogens is 342 g/mol. The highest BCUT2D eigenvalue weighted by molar-refractivity contribution is 6.00. The number of nitrogens with zero attached hydrogens (tertiary/aromatic N) is 1. The van der Waals surface area contributed by atoms with E-state index in [1.165, 1.54) is 0 Å². The van der Waals surface area contributed by atoms with Crippen molar-refractivity contribution in [2.75, 3.05) is 6.61 Å². The lowest BCUT2D eigenvalue weighted by atomic mass is 10.1. The third-order valence-electron chi connectivity index (χ3n) is 4.56. The maximum Gasteiger partial charge on any atom is 0.338 e. The quantitative estimate of drug-likeness (QED) is 0.480. The Balaban J connectivity index is 1.70. The van der Waals surface area contributed by atoms with E-state index in [-0.39, 0.29) is 12.4 Å². The highest BCUT2D eigenvalue weighted by Gasteiger charge is 2.18. The number of carbonyl (C=O) groups is 2. The molecule has 0 saturated carbocycles. The van der Waals surface area contributed by atoms with E-state index >= 15 is 0 Å². The van der Waals surface area contributed by atoms with E-state index in [0.29, 0.717) is 17.7 Å². The van der Waals surface area contributed by atoms with Gasteiger partial charge in [0.2, 0.25) is 5.78 Å².